The maximum atomic E-state index is 14.3. The maximum Gasteiger partial charge on any atom is 0.268 e. The van der Waals surface area contributed by atoms with E-state index in [2.05, 4.69) is 5.32 Å². The molecule has 1 aromatic heterocycles. The summed E-state index contributed by atoms with van der Waals surface area (Å²) in [7, 11) is 4.49. The normalized spacial score (nSPS) is 12.0. The molecule has 2 rings (SSSR count). The SMILES string of the molecule is COc1cc(F)c([C@@H](C)NC(=O)c2cc(Cl)c(Cl)n2C)cc1OC. The Hall–Kier alpha value is -1.92. The standard InChI is InChI=1S/C16H17Cl2FN2O3/c1-8(9-5-13(23-3)14(24-4)7-11(9)19)20-16(22)12-6-10(17)15(18)21(12)2/h5-8H,1-4H3,(H,20,22)/t8-/m1/s1. The minimum absolute atomic E-state index is 0.256. The number of benzene rings is 1. The fourth-order valence-electron chi connectivity index (χ4n) is 2.31. The number of amides is 1. The molecule has 0 aliphatic rings. The lowest BCUT2D eigenvalue weighted by Gasteiger charge is -2.17. The number of aromatic nitrogens is 1. The van der Waals surface area contributed by atoms with Crippen molar-refractivity contribution in [3.8, 4) is 11.5 Å². The zero-order chi connectivity index (χ0) is 18.0. The first kappa shape index (κ1) is 18.4. The van der Waals surface area contributed by atoms with Gasteiger partial charge >= 0.3 is 0 Å². The molecule has 5 nitrogen and oxygen atoms in total. The first-order chi connectivity index (χ1) is 11.3. The lowest BCUT2D eigenvalue weighted by atomic mass is 10.1. The van der Waals surface area contributed by atoms with Gasteiger partial charge in [-0.15, -0.1) is 0 Å². The van der Waals surface area contributed by atoms with Gasteiger partial charge in [0.15, 0.2) is 11.5 Å². The van der Waals surface area contributed by atoms with E-state index >= 15 is 0 Å². The second-order valence-electron chi connectivity index (χ2n) is 5.15. The van der Waals surface area contributed by atoms with Crippen LogP contribution in [0.15, 0.2) is 18.2 Å². The number of ether oxygens (including phenoxy) is 2. The fourth-order valence-corrected chi connectivity index (χ4v) is 2.69. The summed E-state index contributed by atoms with van der Waals surface area (Å²) in [5.74, 6) is -0.283. The van der Waals surface area contributed by atoms with Gasteiger partial charge in [-0.1, -0.05) is 23.2 Å². The highest BCUT2D eigenvalue weighted by Crippen LogP contribution is 2.32. The van der Waals surface area contributed by atoms with Crippen LogP contribution in [0.2, 0.25) is 10.2 Å². The van der Waals surface area contributed by atoms with Crippen LogP contribution in [0.5, 0.6) is 11.5 Å². The molecule has 8 heteroatoms. The molecule has 0 spiro atoms. The van der Waals surface area contributed by atoms with Crippen molar-refractivity contribution in [2.45, 2.75) is 13.0 Å². The van der Waals surface area contributed by atoms with Crippen molar-refractivity contribution in [1.29, 1.82) is 0 Å². The largest absolute Gasteiger partial charge is 0.493 e. The molecule has 0 radical (unpaired) electrons. The first-order valence-electron chi connectivity index (χ1n) is 7.03. The number of carbonyl (C=O) groups is 1. The van der Waals surface area contributed by atoms with Gasteiger partial charge in [0.05, 0.1) is 25.3 Å². The summed E-state index contributed by atoms with van der Waals surface area (Å²) < 4.78 is 25.9. The van der Waals surface area contributed by atoms with Crippen LogP contribution < -0.4 is 14.8 Å². The van der Waals surface area contributed by atoms with E-state index in [4.69, 9.17) is 32.7 Å². The van der Waals surface area contributed by atoms with Gasteiger partial charge in [0, 0.05) is 18.7 Å². The Morgan fingerprint density at radius 3 is 2.29 bits per heavy atom. The van der Waals surface area contributed by atoms with Crippen molar-refractivity contribution in [3.63, 3.8) is 0 Å². The van der Waals surface area contributed by atoms with Gasteiger partial charge in [0.2, 0.25) is 0 Å². The molecular weight excluding hydrogens is 358 g/mol. The van der Waals surface area contributed by atoms with Gasteiger partial charge in [-0.3, -0.25) is 4.79 Å². The predicted octanol–water partition coefficient (Wildman–Crippen LogP) is 3.98. The van der Waals surface area contributed by atoms with Crippen molar-refractivity contribution >= 4 is 29.1 Å². The molecule has 1 aromatic carbocycles. The summed E-state index contributed by atoms with van der Waals surface area (Å²) in [5, 5.41) is 3.24. The number of rotatable bonds is 5. The van der Waals surface area contributed by atoms with E-state index in [0.29, 0.717) is 5.75 Å². The first-order valence-corrected chi connectivity index (χ1v) is 7.78. The summed E-state index contributed by atoms with van der Waals surface area (Å²) in [6.45, 7) is 1.66. The van der Waals surface area contributed by atoms with E-state index in [1.54, 1.807) is 14.0 Å². The summed E-state index contributed by atoms with van der Waals surface area (Å²) in [6.07, 6.45) is 0. The van der Waals surface area contributed by atoms with Crippen LogP contribution in [0, 0.1) is 5.82 Å². The molecule has 0 saturated heterocycles. The van der Waals surface area contributed by atoms with E-state index < -0.39 is 17.8 Å². The monoisotopic (exact) mass is 374 g/mol. The maximum absolute atomic E-state index is 14.3. The van der Waals surface area contributed by atoms with E-state index in [1.165, 1.54) is 37.0 Å². The number of nitrogens with one attached hydrogen (secondary N) is 1. The van der Waals surface area contributed by atoms with Crippen LogP contribution in [-0.2, 0) is 7.05 Å². The minimum atomic E-state index is -0.607. The van der Waals surface area contributed by atoms with Crippen molar-refractivity contribution in [2.75, 3.05) is 14.2 Å². The van der Waals surface area contributed by atoms with Crippen LogP contribution in [0.1, 0.15) is 29.0 Å². The lowest BCUT2D eigenvalue weighted by Crippen LogP contribution is -2.28. The van der Waals surface area contributed by atoms with Gasteiger partial charge in [-0.05, 0) is 19.1 Å². The molecule has 1 amide bonds. The summed E-state index contributed by atoms with van der Waals surface area (Å²) in [5.41, 5.74) is 0.546. The second-order valence-corrected chi connectivity index (χ2v) is 5.92. The predicted molar refractivity (Wildman–Crippen MR) is 90.8 cm³/mol. The van der Waals surface area contributed by atoms with Gasteiger partial charge in [0.25, 0.3) is 5.91 Å². The van der Waals surface area contributed by atoms with E-state index in [-0.39, 0.29) is 27.2 Å². The summed E-state index contributed by atoms with van der Waals surface area (Å²) in [6, 6.07) is 3.55. The van der Waals surface area contributed by atoms with Crippen molar-refractivity contribution in [1.82, 2.24) is 9.88 Å². The van der Waals surface area contributed by atoms with Crippen LogP contribution in [0.3, 0.4) is 0 Å². The molecule has 1 atom stereocenters. The van der Waals surface area contributed by atoms with E-state index in [1.807, 2.05) is 0 Å². The molecule has 0 saturated carbocycles. The number of hydrogen-bond donors (Lipinski definition) is 1. The average molecular weight is 375 g/mol. The number of halogens is 3. The molecule has 0 unspecified atom stereocenters. The Morgan fingerprint density at radius 2 is 1.79 bits per heavy atom. The molecule has 24 heavy (non-hydrogen) atoms. The Labute approximate surface area is 149 Å². The van der Waals surface area contributed by atoms with Crippen molar-refractivity contribution < 1.29 is 18.7 Å². The van der Waals surface area contributed by atoms with Crippen LogP contribution in [0.4, 0.5) is 4.39 Å². The van der Waals surface area contributed by atoms with E-state index in [9.17, 15) is 9.18 Å². The molecule has 0 bridgehead atoms. The highest BCUT2D eigenvalue weighted by Gasteiger charge is 2.21. The molecule has 0 aliphatic heterocycles. The van der Waals surface area contributed by atoms with Crippen molar-refractivity contribution in [3.05, 3.63) is 45.4 Å². The van der Waals surface area contributed by atoms with Crippen LogP contribution in [-0.4, -0.2) is 24.7 Å². The molecule has 1 N–H and O–H groups in total. The zero-order valence-corrected chi connectivity index (χ0v) is 15.1. The smallest absolute Gasteiger partial charge is 0.268 e. The third-order valence-corrected chi connectivity index (χ3v) is 4.51. The Morgan fingerprint density at radius 1 is 1.21 bits per heavy atom. The van der Waals surface area contributed by atoms with Gasteiger partial charge < -0.3 is 19.4 Å². The fraction of sp³-hybridized carbons (Fsp3) is 0.312. The average Bonchev–Trinajstić information content (AvgIpc) is 2.81. The lowest BCUT2D eigenvalue weighted by molar-refractivity contribution is 0.0931. The number of nitrogens with zero attached hydrogens (tertiary/aromatic N) is 1. The Balaban J connectivity index is 2.27. The number of hydrogen-bond acceptors (Lipinski definition) is 3. The van der Waals surface area contributed by atoms with Gasteiger partial charge in [0.1, 0.15) is 16.7 Å². The zero-order valence-electron chi connectivity index (χ0n) is 13.6. The highest BCUT2D eigenvalue weighted by atomic mass is 35.5. The Kier molecular flexibility index (Phi) is 5.62. The highest BCUT2D eigenvalue weighted by molar-refractivity contribution is 6.41. The molecule has 2 aromatic rings. The topological polar surface area (TPSA) is 52.5 Å². The summed E-state index contributed by atoms with van der Waals surface area (Å²) >= 11 is 11.9. The number of methoxy groups -OCH3 is 2. The Bertz CT molecular complexity index is 777. The third kappa shape index (κ3) is 3.44. The molecular formula is C16H17Cl2FN2O3. The molecule has 130 valence electrons. The molecule has 0 fully saturated rings. The van der Waals surface area contributed by atoms with E-state index in [0.717, 1.165) is 0 Å². The van der Waals surface area contributed by atoms with Crippen molar-refractivity contribution in [2.24, 2.45) is 7.05 Å². The van der Waals surface area contributed by atoms with Crippen LogP contribution in [0.25, 0.3) is 0 Å². The quantitative estimate of drug-likeness (QED) is 0.860. The minimum Gasteiger partial charge on any atom is -0.493 e. The van der Waals surface area contributed by atoms with Gasteiger partial charge in [-0.2, -0.15) is 0 Å². The van der Waals surface area contributed by atoms with Gasteiger partial charge in [-0.25, -0.2) is 4.39 Å². The second kappa shape index (κ2) is 7.32. The van der Waals surface area contributed by atoms with Crippen LogP contribution >= 0.6 is 23.2 Å². The molecule has 0 aliphatic carbocycles. The number of carbonyl (C=O) groups excluding carboxylic acids is 1. The molecule has 1 heterocycles. The summed E-state index contributed by atoms with van der Waals surface area (Å²) in [4.78, 5) is 12.4. The third-order valence-electron chi connectivity index (χ3n) is 3.67.